The van der Waals surface area contributed by atoms with Crippen LogP contribution in [0.25, 0.3) is 0 Å². The normalized spacial score (nSPS) is 12.2. The van der Waals surface area contributed by atoms with E-state index < -0.39 is 10.0 Å². The van der Waals surface area contributed by atoms with Gasteiger partial charge in [0, 0.05) is 13.1 Å². The summed E-state index contributed by atoms with van der Waals surface area (Å²) in [6, 6.07) is 7.49. The zero-order valence-corrected chi connectivity index (χ0v) is 15.0. The van der Waals surface area contributed by atoms with Crippen molar-refractivity contribution in [1.29, 1.82) is 0 Å². The third kappa shape index (κ3) is 7.99. The zero-order valence-electron chi connectivity index (χ0n) is 14.2. The van der Waals surface area contributed by atoms with E-state index in [9.17, 15) is 8.42 Å². The standard InChI is InChI=1S/C16H28N4O2S/c1-4-6-11-19-16(18-5-2)20-12-14-7-9-15(10-8-14)13-23(21,22)17-3/h7-10,17H,4-6,11-13H2,1-3H3,(H2,18,19,20). The minimum absolute atomic E-state index is 0.00569. The number of sulfonamides is 1. The second-order valence-corrected chi connectivity index (χ2v) is 7.18. The fraction of sp³-hybridized carbons (Fsp3) is 0.562. The number of benzene rings is 1. The van der Waals surface area contributed by atoms with Crippen LogP contribution in [0.4, 0.5) is 0 Å². The van der Waals surface area contributed by atoms with Gasteiger partial charge in [-0.2, -0.15) is 0 Å². The predicted octanol–water partition coefficient (Wildman–Crippen LogP) is 1.59. The van der Waals surface area contributed by atoms with E-state index in [1.165, 1.54) is 7.05 Å². The summed E-state index contributed by atoms with van der Waals surface area (Å²) < 4.78 is 25.3. The molecule has 0 amide bonds. The van der Waals surface area contributed by atoms with Crippen molar-refractivity contribution in [2.75, 3.05) is 20.1 Å². The molecule has 23 heavy (non-hydrogen) atoms. The summed E-state index contributed by atoms with van der Waals surface area (Å²) in [6.07, 6.45) is 2.25. The maximum Gasteiger partial charge on any atom is 0.215 e. The lowest BCUT2D eigenvalue weighted by Crippen LogP contribution is -2.37. The number of unbranched alkanes of at least 4 members (excludes halogenated alkanes) is 1. The van der Waals surface area contributed by atoms with Crippen molar-refractivity contribution in [3.63, 3.8) is 0 Å². The van der Waals surface area contributed by atoms with Crippen molar-refractivity contribution in [3.8, 4) is 0 Å². The Bertz CT molecular complexity index is 583. The number of rotatable bonds is 9. The van der Waals surface area contributed by atoms with E-state index in [0.29, 0.717) is 6.54 Å². The molecule has 7 heteroatoms. The summed E-state index contributed by atoms with van der Waals surface area (Å²) in [6.45, 7) is 6.47. The van der Waals surface area contributed by atoms with Gasteiger partial charge in [-0.3, -0.25) is 0 Å². The molecule has 3 N–H and O–H groups in total. The fourth-order valence-electron chi connectivity index (χ4n) is 1.93. The van der Waals surface area contributed by atoms with Crippen LogP contribution in [-0.4, -0.2) is 34.5 Å². The molecule has 1 aromatic carbocycles. The summed E-state index contributed by atoms with van der Waals surface area (Å²) in [7, 11) is -1.81. The average molecular weight is 340 g/mol. The Kier molecular flexibility index (Phi) is 8.65. The van der Waals surface area contributed by atoms with Crippen LogP contribution in [0, 0.1) is 0 Å². The molecule has 0 radical (unpaired) electrons. The first-order valence-corrected chi connectivity index (χ1v) is 9.67. The summed E-state index contributed by atoms with van der Waals surface area (Å²) in [5.74, 6) is 0.802. The van der Waals surface area contributed by atoms with Gasteiger partial charge in [0.05, 0.1) is 12.3 Å². The minimum Gasteiger partial charge on any atom is -0.357 e. The molecular formula is C16H28N4O2S. The third-order valence-corrected chi connectivity index (χ3v) is 4.61. The first-order valence-electron chi connectivity index (χ1n) is 8.02. The van der Waals surface area contributed by atoms with Crippen LogP contribution in [0.5, 0.6) is 0 Å². The van der Waals surface area contributed by atoms with Gasteiger partial charge in [0.15, 0.2) is 5.96 Å². The maximum atomic E-state index is 11.5. The van der Waals surface area contributed by atoms with Crippen LogP contribution in [-0.2, 0) is 22.3 Å². The van der Waals surface area contributed by atoms with Gasteiger partial charge in [-0.25, -0.2) is 18.1 Å². The van der Waals surface area contributed by atoms with Crippen LogP contribution in [0.15, 0.2) is 29.3 Å². The molecule has 6 nitrogen and oxygen atoms in total. The molecule has 0 aromatic heterocycles. The summed E-state index contributed by atoms with van der Waals surface area (Å²) in [4.78, 5) is 4.54. The highest BCUT2D eigenvalue weighted by Gasteiger charge is 2.08. The molecule has 0 aliphatic heterocycles. The van der Waals surface area contributed by atoms with Crippen molar-refractivity contribution in [2.45, 2.75) is 39.0 Å². The Morgan fingerprint density at radius 3 is 2.30 bits per heavy atom. The van der Waals surface area contributed by atoms with Crippen LogP contribution >= 0.6 is 0 Å². The quantitative estimate of drug-likeness (QED) is 0.362. The molecule has 0 fully saturated rings. The fourth-order valence-corrected chi connectivity index (χ4v) is 2.70. The lowest BCUT2D eigenvalue weighted by atomic mass is 10.1. The lowest BCUT2D eigenvalue weighted by molar-refractivity contribution is 0.587. The van der Waals surface area contributed by atoms with Crippen molar-refractivity contribution in [1.82, 2.24) is 15.4 Å². The predicted molar refractivity (Wildman–Crippen MR) is 95.9 cm³/mol. The molecule has 130 valence electrons. The number of nitrogens with one attached hydrogen (secondary N) is 3. The zero-order chi connectivity index (χ0) is 17.1. The molecule has 0 aliphatic carbocycles. The number of hydrogen-bond donors (Lipinski definition) is 3. The molecule has 0 unspecified atom stereocenters. The highest BCUT2D eigenvalue weighted by molar-refractivity contribution is 7.88. The summed E-state index contributed by atoms with van der Waals surface area (Å²) in [5, 5.41) is 6.51. The Labute approximate surface area is 139 Å². The van der Waals surface area contributed by atoms with E-state index in [-0.39, 0.29) is 5.75 Å². The minimum atomic E-state index is -3.23. The van der Waals surface area contributed by atoms with Crippen LogP contribution in [0.1, 0.15) is 37.8 Å². The second-order valence-electron chi connectivity index (χ2n) is 5.26. The topological polar surface area (TPSA) is 82.6 Å². The summed E-state index contributed by atoms with van der Waals surface area (Å²) in [5.41, 5.74) is 1.81. The second kappa shape index (κ2) is 10.2. The van der Waals surface area contributed by atoms with Crippen molar-refractivity contribution in [2.24, 2.45) is 4.99 Å². The van der Waals surface area contributed by atoms with Crippen molar-refractivity contribution >= 4 is 16.0 Å². The van der Waals surface area contributed by atoms with Gasteiger partial charge in [-0.15, -0.1) is 0 Å². The van der Waals surface area contributed by atoms with Crippen LogP contribution < -0.4 is 15.4 Å². The Balaban J connectivity index is 2.63. The number of nitrogens with zero attached hydrogens (tertiary/aromatic N) is 1. The third-order valence-electron chi connectivity index (χ3n) is 3.28. The first-order chi connectivity index (χ1) is 11.0. The molecule has 0 saturated carbocycles. The lowest BCUT2D eigenvalue weighted by Gasteiger charge is -2.10. The average Bonchev–Trinajstić information content (AvgIpc) is 2.54. The van der Waals surface area contributed by atoms with Gasteiger partial charge >= 0.3 is 0 Å². The van der Waals surface area contributed by atoms with Crippen molar-refractivity contribution in [3.05, 3.63) is 35.4 Å². The first kappa shape index (κ1) is 19.4. The molecule has 0 atom stereocenters. The van der Waals surface area contributed by atoms with Gasteiger partial charge in [-0.05, 0) is 31.5 Å². The molecule has 0 saturated heterocycles. The van der Waals surface area contributed by atoms with E-state index in [0.717, 1.165) is 43.0 Å². The van der Waals surface area contributed by atoms with E-state index in [2.05, 4.69) is 27.3 Å². The highest BCUT2D eigenvalue weighted by Crippen LogP contribution is 2.08. The molecule has 1 rings (SSSR count). The SMILES string of the molecule is CCCCNC(=NCc1ccc(CS(=O)(=O)NC)cc1)NCC. The van der Waals surface area contributed by atoms with Gasteiger partial charge in [-0.1, -0.05) is 37.6 Å². The van der Waals surface area contributed by atoms with Gasteiger partial charge in [0.1, 0.15) is 0 Å². The highest BCUT2D eigenvalue weighted by atomic mass is 32.2. The van der Waals surface area contributed by atoms with Gasteiger partial charge < -0.3 is 10.6 Å². The maximum absolute atomic E-state index is 11.5. The number of guanidine groups is 1. The van der Waals surface area contributed by atoms with E-state index in [1.807, 2.05) is 31.2 Å². The molecular weight excluding hydrogens is 312 g/mol. The van der Waals surface area contributed by atoms with Gasteiger partial charge in [0.2, 0.25) is 10.0 Å². The van der Waals surface area contributed by atoms with E-state index in [4.69, 9.17) is 0 Å². The molecule has 0 heterocycles. The van der Waals surface area contributed by atoms with E-state index in [1.54, 1.807) is 0 Å². The largest absolute Gasteiger partial charge is 0.357 e. The molecule has 1 aromatic rings. The molecule has 0 spiro atoms. The van der Waals surface area contributed by atoms with E-state index >= 15 is 0 Å². The Hall–Kier alpha value is -1.60. The Morgan fingerprint density at radius 2 is 1.74 bits per heavy atom. The Morgan fingerprint density at radius 1 is 1.09 bits per heavy atom. The number of hydrogen-bond acceptors (Lipinski definition) is 3. The van der Waals surface area contributed by atoms with Crippen LogP contribution in [0.3, 0.4) is 0 Å². The molecule has 0 bridgehead atoms. The van der Waals surface area contributed by atoms with Gasteiger partial charge in [0.25, 0.3) is 0 Å². The smallest absolute Gasteiger partial charge is 0.215 e. The van der Waals surface area contributed by atoms with Crippen LogP contribution in [0.2, 0.25) is 0 Å². The van der Waals surface area contributed by atoms with Crippen molar-refractivity contribution < 1.29 is 8.42 Å². The number of aliphatic imine (C=N–C) groups is 1. The summed E-state index contributed by atoms with van der Waals surface area (Å²) >= 11 is 0. The molecule has 0 aliphatic rings. The monoisotopic (exact) mass is 340 g/mol.